The summed E-state index contributed by atoms with van der Waals surface area (Å²) in [5.41, 5.74) is 1.11. The first-order valence-electron chi connectivity index (χ1n) is 7.33. The molecule has 0 spiro atoms. The summed E-state index contributed by atoms with van der Waals surface area (Å²) in [6, 6.07) is 10.3. The first-order chi connectivity index (χ1) is 10.1. The predicted octanol–water partition coefficient (Wildman–Crippen LogP) is 5.65. The molecule has 0 radical (unpaired) electrons. The average molecular weight is 326 g/mol. The number of furan rings is 1. The molecule has 4 heteroatoms. The molecule has 2 rings (SSSR count). The number of rotatable bonds is 7. The molecule has 2 aromatic rings. The number of halogens is 2. The first-order valence-corrected chi connectivity index (χ1v) is 8.09. The van der Waals surface area contributed by atoms with Gasteiger partial charge < -0.3 is 9.73 Å². The second kappa shape index (κ2) is 7.88. The Kier molecular flexibility index (Phi) is 6.16. The second-order valence-electron chi connectivity index (χ2n) is 5.31. The Bertz CT molecular complexity index is 554. The molecule has 2 atom stereocenters. The minimum absolute atomic E-state index is 0.237. The average Bonchev–Trinajstić information content (AvgIpc) is 2.96. The third-order valence-electron chi connectivity index (χ3n) is 3.64. The van der Waals surface area contributed by atoms with Crippen LogP contribution in [0.4, 0.5) is 0 Å². The highest BCUT2D eigenvalue weighted by Crippen LogP contribution is 2.28. The van der Waals surface area contributed by atoms with Crippen molar-refractivity contribution in [2.24, 2.45) is 0 Å². The summed E-state index contributed by atoms with van der Waals surface area (Å²) in [4.78, 5) is 0. The topological polar surface area (TPSA) is 25.2 Å². The van der Waals surface area contributed by atoms with Crippen molar-refractivity contribution in [3.63, 3.8) is 0 Å². The van der Waals surface area contributed by atoms with Gasteiger partial charge in [-0.2, -0.15) is 0 Å². The van der Waals surface area contributed by atoms with E-state index < -0.39 is 0 Å². The van der Waals surface area contributed by atoms with Gasteiger partial charge in [0, 0.05) is 28.5 Å². The fourth-order valence-electron chi connectivity index (χ4n) is 2.45. The summed E-state index contributed by atoms with van der Waals surface area (Å²) in [6.45, 7) is 4.34. The lowest BCUT2D eigenvalue weighted by atomic mass is 10.0. The lowest BCUT2D eigenvalue weighted by Crippen LogP contribution is -2.30. The fraction of sp³-hybridized carbons (Fsp3) is 0.412. The van der Waals surface area contributed by atoms with Crippen LogP contribution in [0.25, 0.3) is 0 Å². The smallest absolute Gasteiger partial charge is 0.103 e. The zero-order valence-corrected chi connectivity index (χ0v) is 13.9. The van der Waals surface area contributed by atoms with Crippen LogP contribution in [0.1, 0.15) is 44.1 Å². The van der Waals surface area contributed by atoms with Gasteiger partial charge in [0.05, 0.1) is 6.26 Å². The van der Waals surface area contributed by atoms with Crippen LogP contribution in [0.5, 0.6) is 0 Å². The molecule has 0 bridgehead atoms. The van der Waals surface area contributed by atoms with Crippen molar-refractivity contribution < 1.29 is 4.42 Å². The zero-order valence-electron chi connectivity index (χ0n) is 12.4. The Labute approximate surface area is 136 Å². The van der Waals surface area contributed by atoms with Crippen molar-refractivity contribution in [3.8, 4) is 0 Å². The Morgan fingerprint density at radius 3 is 2.67 bits per heavy atom. The third kappa shape index (κ3) is 4.77. The molecule has 21 heavy (non-hydrogen) atoms. The zero-order chi connectivity index (χ0) is 15.2. The van der Waals surface area contributed by atoms with Crippen molar-refractivity contribution in [2.45, 2.75) is 45.2 Å². The number of aryl methyl sites for hydroxylation is 1. The number of hydrogen-bond donors (Lipinski definition) is 1. The highest BCUT2D eigenvalue weighted by molar-refractivity contribution is 6.35. The van der Waals surface area contributed by atoms with E-state index in [1.54, 1.807) is 12.3 Å². The van der Waals surface area contributed by atoms with Gasteiger partial charge >= 0.3 is 0 Å². The minimum atomic E-state index is 0.237. The summed E-state index contributed by atoms with van der Waals surface area (Å²) in [7, 11) is 0. The maximum absolute atomic E-state index is 6.31. The van der Waals surface area contributed by atoms with Crippen molar-refractivity contribution in [3.05, 3.63) is 58.0 Å². The van der Waals surface area contributed by atoms with Gasteiger partial charge in [-0.15, -0.1) is 0 Å². The van der Waals surface area contributed by atoms with Crippen LogP contribution < -0.4 is 5.32 Å². The molecule has 0 amide bonds. The minimum Gasteiger partial charge on any atom is -0.469 e. The molecule has 0 aliphatic carbocycles. The van der Waals surface area contributed by atoms with Crippen LogP contribution in [0.3, 0.4) is 0 Å². The standard InChI is InChI=1S/C17H21Cl2NO/c1-3-17(15-9-7-13(18)11-16(15)19)20-12(2)6-8-14-5-4-10-21-14/h4-5,7,9-12,17,20H,3,6,8H2,1-2H3. The molecule has 2 unspecified atom stereocenters. The molecular weight excluding hydrogens is 305 g/mol. The van der Waals surface area contributed by atoms with E-state index in [9.17, 15) is 0 Å². The fourth-order valence-corrected chi connectivity index (χ4v) is 2.99. The molecule has 0 fully saturated rings. The van der Waals surface area contributed by atoms with Crippen LogP contribution in [0, 0.1) is 0 Å². The first kappa shape index (κ1) is 16.4. The maximum Gasteiger partial charge on any atom is 0.103 e. The van der Waals surface area contributed by atoms with Crippen LogP contribution in [-0.2, 0) is 6.42 Å². The van der Waals surface area contributed by atoms with Gasteiger partial charge in [0.1, 0.15) is 5.76 Å². The molecule has 1 heterocycles. The van der Waals surface area contributed by atoms with E-state index in [0.717, 1.165) is 35.6 Å². The van der Waals surface area contributed by atoms with E-state index in [2.05, 4.69) is 19.2 Å². The Morgan fingerprint density at radius 2 is 2.05 bits per heavy atom. The van der Waals surface area contributed by atoms with Crippen molar-refractivity contribution in [1.82, 2.24) is 5.32 Å². The van der Waals surface area contributed by atoms with Gasteiger partial charge in [0.2, 0.25) is 0 Å². The van der Waals surface area contributed by atoms with Crippen LogP contribution >= 0.6 is 23.2 Å². The van der Waals surface area contributed by atoms with Crippen LogP contribution in [0.2, 0.25) is 10.0 Å². The van der Waals surface area contributed by atoms with Crippen LogP contribution in [0.15, 0.2) is 41.0 Å². The van der Waals surface area contributed by atoms with E-state index >= 15 is 0 Å². The van der Waals surface area contributed by atoms with E-state index in [1.165, 1.54) is 0 Å². The Hall–Kier alpha value is -0.960. The van der Waals surface area contributed by atoms with Gasteiger partial charge in [0.25, 0.3) is 0 Å². The quantitative estimate of drug-likeness (QED) is 0.711. The van der Waals surface area contributed by atoms with E-state index in [4.69, 9.17) is 27.6 Å². The molecule has 1 aromatic heterocycles. The Morgan fingerprint density at radius 1 is 1.24 bits per heavy atom. The SMILES string of the molecule is CCC(NC(C)CCc1ccco1)c1ccc(Cl)cc1Cl. The third-order valence-corrected chi connectivity index (χ3v) is 4.20. The molecule has 0 saturated carbocycles. The molecule has 2 nitrogen and oxygen atoms in total. The van der Waals surface area contributed by atoms with E-state index in [0.29, 0.717) is 11.1 Å². The Balaban J connectivity index is 1.94. The number of benzene rings is 1. The highest BCUT2D eigenvalue weighted by Gasteiger charge is 2.15. The summed E-state index contributed by atoms with van der Waals surface area (Å²) in [6.07, 6.45) is 4.66. The summed E-state index contributed by atoms with van der Waals surface area (Å²) in [5, 5.41) is 5.03. The van der Waals surface area contributed by atoms with Gasteiger partial charge in [-0.05, 0) is 49.6 Å². The van der Waals surface area contributed by atoms with Crippen molar-refractivity contribution in [2.75, 3.05) is 0 Å². The van der Waals surface area contributed by atoms with Crippen LogP contribution in [-0.4, -0.2) is 6.04 Å². The van der Waals surface area contributed by atoms with Gasteiger partial charge in [-0.25, -0.2) is 0 Å². The predicted molar refractivity (Wildman–Crippen MR) is 89.1 cm³/mol. The monoisotopic (exact) mass is 325 g/mol. The normalized spacial score (nSPS) is 14.1. The molecule has 0 aliphatic heterocycles. The van der Waals surface area contributed by atoms with E-state index in [1.807, 2.05) is 24.3 Å². The molecular formula is C17H21Cl2NO. The lowest BCUT2D eigenvalue weighted by Gasteiger charge is -2.23. The van der Waals surface area contributed by atoms with Gasteiger partial charge in [0.15, 0.2) is 0 Å². The number of hydrogen-bond acceptors (Lipinski definition) is 2. The molecule has 114 valence electrons. The second-order valence-corrected chi connectivity index (χ2v) is 6.16. The largest absolute Gasteiger partial charge is 0.469 e. The molecule has 0 aliphatic rings. The summed E-state index contributed by atoms with van der Waals surface area (Å²) in [5.74, 6) is 1.03. The van der Waals surface area contributed by atoms with Crippen molar-refractivity contribution in [1.29, 1.82) is 0 Å². The van der Waals surface area contributed by atoms with E-state index in [-0.39, 0.29) is 6.04 Å². The highest BCUT2D eigenvalue weighted by atomic mass is 35.5. The molecule has 0 saturated heterocycles. The molecule has 1 N–H and O–H groups in total. The maximum atomic E-state index is 6.31. The summed E-state index contributed by atoms with van der Waals surface area (Å²) >= 11 is 12.3. The van der Waals surface area contributed by atoms with Gasteiger partial charge in [-0.1, -0.05) is 36.2 Å². The summed E-state index contributed by atoms with van der Waals surface area (Å²) < 4.78 is 5.37. The number of nitrogens with one attached hydrogen (secondary N) is 1. The van der Waals surface area contributed by atoms with Gasteiger partial charge in [-0.3, -0.25) is 0 Å². The molecule has 1 aromatic carbocycles. The van der Waals surface area contributed by atoms with Crippen molar-refractivity contribution >= 4 is 23.2 Å². The lowest BCUT2D eigenvalue weighted by molar-refractivity contribution is 0.411.